The molecule has 1 aliphatic rings. The molecule has 2 aromatic rings. The zero-order valence-corrected chi connectivity index (χ0v) is 13.8. The first kappa shape index (κ1) is 16.2. The van der Waals surface area contributed by atoms with Gasteiger partial charge >= 0.3 is 0 Å². The highest BCUT2D eigenvalue weighted by Gasteiger charge is 2.24. The molecule has 1 atom stereocenters. The molecule has 0 aromatic heterocycles. The second kappa shape index (κ2) is 7.30. The number of hydrogen-bond donors (Lipinski definition) is 0. The second-order valence-electron chi connectivity index (χ2n) is 6.01. The molecule has 24 heavy (non-hydrogen) atoms. The summed E-state index contributed by atoms with van der Waals surface area (Å²) in [6.07, 6.45) is 1.61. The Kier molecular flexibility index (Phi) is 4.94. The van der Waals surface area contributed by atoms with Gasteiger partial charge in [-0.2, -0.15) is 0 Å². The summed E-state index contributed by atoms with van der Waals surface area (Å²) in [7, 11) is 0. The highest BCUT2D eigenvalue weighted by Crippen LogP contribution is 2.18. The standard InChI is InChI=1S/C20H21NO3/c1-15(20(23)21-13-5-6-14-21)24-18-11-9-17(10-12-18)19(22)16-7-3-2-4-8-16/h2-4,7-12,15H,5-6,13-14H2,1H3/t15-/m0/s1. The highest BCUT2D eigenvalue weighted by molar-refractivity contribution is 6.08. The molecule has 124 valence electrons. The first-order valence-corrected chi connectivity index (χ1v) is 8.30. The van der Waals surface area contributed by atoms with E-state index in [1.807, 2.05) is 23.1 Å². The zero-order valence-electron chi connectivity index (χ0n) is 13.8. The van der Waals surface area contributed by atoms with Crippen molar-refractivity contribution in [3.8, 4) is 5.75 Å². The highest BCUT2D eigenvalue weighted by atomic mass is 16.5. The Hall–Kier alpha value is -2.62. The average Bonchev–Trinajstić information content (AvgIpc) is 3.16. The first-order chi connectivity index (χ1) is 11.6. The van der Waals surface area contributed by atoms with Crippen LogP contribution in [0.15, 0.2) is 54.6 Å². The fourth-order valence-corrected chi connectivity index (χ4v) is 2.89. The van der Waals surface area contributed by atoms with Crippen molar-refractivity contribution in [3.63, 3.8) is 0 Å². The molecule has 4 heteroatoms. The van der Waals surface area contributed by atoms with E-state index in [1.165, 1.54) is 0 Å². The molecule has 3 rings (SSSR count). The lowest BCUT2D eigenvalue weighted by atomic mass is 10.0. The van der Waals surface area contributed by atoms with Crippen molar-refractivity contribution in [2.75, 3.05) is 13.1 Å². The minimum absolute atomic E-state index is 0.0247. The molecule has 1 amide bonds. The van der Waals surface area contributed by atoms with Gasteiger partial charge in [0.25, 0.3) is 5.91 Å². The molecule has 1 fully saturated rings. The van der Waals surface area contributed by atoms with Crippen LogP contribution in [-0.2, 0) is 4.79 Å². The van der Waals surface area contributed by atoms with E-state index in [1.54, 1.807) is 43.3 Å². The fraction of sp³-hybridized carbons (Fsp3) is 0.300. The van der Waals surface area contributed by atoms with E-state index in [4.69, 9.17) is 4.74 Å². The van der Waals surface area contributed by atoms with Crippen LogP contribution in [0.3, 0.4) is 0 Å². The van der Waals surface area contributed by atoms with Gasteiger partial charge in [-0.25, -0.2) is 0 Å². The van der Waals surface area contributed by atoms with Gasteiger partial charge in [0.15, 0.2) is 11.9 Å². The van der Waals surface area contributed by atoms with Gasteiger partial charge in [0.05, 0.1) is 0 Å². The fourth-order valence-electron chi connectivity index (χ4n) is 2.89. The molecule has 0 bridgehead atoms. The van der Waals surface area contributed by atoms with Gasteiger partial charge < -0.3 is 9.64 Å². The quantitative estimate of drug-likeness (QED) is 0.793. The molecule has 0 radical (unpaired) electrons. The molecule has 2 aromatic carbocycles. The minimum atomic E-state index is -0.515. The van der Waals surface area contributed by atoms with E-state index >= 15 is 0 Å². The molecule has 0 N–H and O–H groups in total. The van der Waals surface area contributed by atoms with Crippen molar-refractivity contribution in [1.82, 2.24) is 4.90 Å². The Morgan fingerprint density at radius 3 is 2.12 bits per heavy atom. The average molecular weight is 323 g/mol. The third-order valence-electron chi connectivity index (χ3n) is 4.23. The minimum Gasteiger partial charge on any atom is -0.481 e. The first-order valence-electron chi connectivity index (χ1n) is 8.30. The smallest absolute Gasteiger partial charge is 0.263 e. The van der Waals surface area contributed by atoms with Crippen molar-refractivity contribution in [1.29, 1.82) is 0 Å². The molecule has 1 aliphatic heterocycles. The SMILES string of the molecule is C[C@H](Oc1ccc(C(=O)c2ccccc2)cc1)C(=O)N1CCCC1. The van der Waals surface area contributed by atoms with Gasteiger partial charge in [-0.3, -0.25) is 9.59 Å². The van der Waals surface area contributed by atoms with Crippen LogP contribution in [0.5, 0.6) is 5.75 Å². The van der Waals surface area contributed by atoms with E-state index in [9.17, 15) is 9.59 Å². The number of nitrogens with zero attached hydrogens (tertiary/aromatic N) is 1. The summed E-state index contributed by atoms with van der Waals surface area (Å²) in [5, 5.41) is 0. The molecule has 0 aliphatic carbocycles. The number of benzene rings is 2. The van der Waals surface area contributed by atoms with E-state index < -0.39 is 6.10 Å². The van der Waals surface area contributed by atoms with Crippen molar-refractivity contribution in [2.24, 2.45) is 0 Å². The summed E-state index contributed by atoms with van der Waals surface area (Å²) in [5.41, 5.74) is 1.26. The molecular formula is C20H21NO3. The summed E-state index contributed by atoms with van der Waals surface area (Å²) < 4.78 is 5.73. The van der Waals surface area contributed by atoms with Crippen molar-refractivity contribution >= 4 is 11.7 Å². The predicted molar refractivity (Wildman–Crippen MR) is 92.2 cm³/mol. The van der Waals surface area contributed by atoms with Crippen LogP contribution in [0.1, 0.15) is 35.7 Å². The Morgan fingerprint density at radius 2 is 1.50 bits per heavy atom. The van der Waals surface area contributed by atoms with Crippen LogP contribution in [0, 0.1) is 0 Å². The lowest BCUT2D eigenvalue weighted by molar-refractivity contribution is -0.136. The Morgan fingerprint density at radius 1 is 0.917 bits per heavy atom. The third-order valence-corrected chi connectivity index (χ3v) is 4.23. The predicted octanol–water partition coefficient (Wildman–Crippen LogP) is 3.31. The molecular weight excluding hydrogens is 302 g/mol. The molecule has 1 saturated heterocycles. The summed E-state index contributed by atoms with van der Waals surface area (Å²) in [6, 6.07) is 16.1. The number of rotatable bonds is 5. The molecule has 0 saturated carbocycles. The lowest BCUT2D eigenvalue weighted by Gasteiger charge is -2.21. The molecule has 1 heterocycles. The van der Waals surface area contributed by atoms with Crippen LogP contribution in [0.25, 0.3) is 0 Å². The van der Waals surface area contributed by atoms with Gasteiger partial charge in [0.2, 0.25) is 0 Å². The maximum atomic E-state index is 12.4. The molecule has 0 unspecified atom stereocenters. The number of ketones is 1. The van der Waals surface area contributed by atoms with Crippen LogP contribution < -0.4 is 4.74 Å². The monoisotopic (exact) mass is 323 g/mol. The van der Waals surface area contributed by atoms with E-state index in [0.29, 0.717) is 16.9 Å². The second-order valence-corrected chi connectivity index (χ2v) is 6.01. The maximum absolute atomic E-state index is 12.4. The van der Waals surface area contributed by atoms with Crippen LogP contribution in [0.2, 0.25) is 0 Å². The van der Waals surface area contributed by atoms with E-state index in [-0.39, 0.29) is 11.7 Å². The number of carbonyl (C=O) groups excluding carboxylic acids is 2. The van der Waals surface area contributed by atoms with Gasteiger partial charge in [0.1, 0.15) is 5.75 Å². The van der Waals surface area contributed by atoms with E-state index in [2.05, 4.69) is 0 Å². The molecule has 0 spiro atoms. The maximum Gasteiger partial charge on any atom is 0.263 e. The Balaban J connectivity index is 1.64. The van der Waals surface area contributed by atoms with Crippen molar-refractivity contribution in [3.05, 3.63) is 65.7 Å². The number of carbonyl (C=O) groups is 2. The van der Waals surface area contributed by atoms with Crippen LogP contribution in [0.4, 0.5) is 0 Å². The van der Waals surface area contributed by atoms with Gasteiger partial charge in [0, 0.05) is 24.2 Å². The van der Waals surface area contributed by atoms with Crippen molar-refractivity contribution < 1.29 is 14.3 Å². The van der Waals surface area contributed by atoms with Gasteiger partial charge in [-0.05, 0) is 44.0 Å². The Labute approximate surface area is 142 Å². The summed E-state index contributed by atoms with van der Waals surface area (Å²) in [4.78, 5) is 26.5. The largest absolute Gasteiger partial charge is 0.481 e. The number of amides is 1. The van der Waals surface area contributed by atoms with Crippen LogP contribution >= 0.6 is 0 Å². The van der Waals surface area contributed by atoms with E-state index in [0.717, 1.165) is 25.9 Å². The normalized spacial score (nSPS) is 15.1. The molecule has 4 nitrogen and oxygen atoms in total. The lowest BCUT2D eigenvalue weighted by Crippen LogP contribution is -2.38. The summed E-state index contributed by atoms with van der Waals surface area (Å²) in [6.45, 7) is 3.40. The van der Waals surface area contributed by atoms with Crippen molar-refractivity contribution in [2.45, 2.75) is 25.9 Å². The zero-order chi connectivity index (χ0) is 16.9. The summed E-state index contributed by atoms with van der Waals surface area (Å²) in [5.74, 6) is 0.597. The number of ether oxygens (including phenoxy) is 1. The third kappa shape index (κ3) is 3.65. The topological polar surface area (TPSA) is 46.6 Å². The van der Waals surface area contributed by atoms with Crippen LogP contribution in [-0.4, -0.2) is 35.8 Å². The van der Waals surface area contributed by atoms with Gasteiger partial charge in [-0.1, -0.05) is 30.3 Å². The number of likely N-dealkylation sites (tertiary alicyclic amines) is 1. The Bertz CT molecular complexity index is 703. The number of hydrogen-bond acceptors (Lipinski definition) is 3. The summed E-state index contributed by atoms with van der Waals surface area (Å²) >= 11 is 0. The van der Waals surface area contributed by atoms with Gasteiger partial charge in [-0.15, -0.1) is 0 Å².